The van der Waals surface area contributed by atoms with Crippen molar-refractivity contribution >= 4 is 17.8 Å². The van der Waals surface area contributed by atoms with Crippen molar-refractivity contribution in [3.63, 3.8) is 0 Å². The number of methoxy groups -OCH3 is 1. The third kappa shape index (κ3) is 6.29. The lowest BCUT2D eigenvalue weighted by molar-refractivity contribution is -0.117. The summed E-state index contributed by atoms with van der Waals surface area (Å²) in [5.41, 5.74) is 5.02. The summed E-state index contributed by atoms with van der Waals surface area (Å²) >= 11 is 0. The fraction of sp³-hybridized carbons (Fsp3) is 0.207. The van der Waals surface area contributed by atoms with Crippen LogP contribution in [0, 0.1) is 19.7 Å². The van der Waals surface area contributed by atoms with Crippen LogP contribution >= 0.6 is 0 Å². The second-order valence-electron chi connectivity index (χ2n) is 8.73. The Morgan fingerprint density at radius 1 is 1.00 bits per heavy atom. The van der Waals surface area contributed by atoms with Crippen LogP contribution in [0.25, 0.3) is 16.9 Å². The number of benzene rings is 3. The van der Waals surface area contributed by atoms with Gasteiger partial charge in [0.2, 0.25) is 11.9 Å². The lowest BCUT2D eigenvalue weighted by Crippen LogP contribution is -2.40. The minimum Gasteiger partial charge on any atom is -0.383 e. The third-order valence-corrected chi connectivity index (χ3v) is 6.07. The molecule has 1 heterocycles. The van der Waals surface area contributed by atoms with Gasteiger partial charge in [0.25, 0.3) is 5.91 Å². The van der Waals surface area contributed by atoms with Gasteiger partial charge >= 0.3 is 0 Å². The molecule has 0 spiro atoms. The number of hydrogen-bond acceptors (Lipinski definition) is 4. The standard InChI is InChI=1S/C29H29FN4O3/c1-20-9-14-25(17-21(20)2)34-18-26(22-7-5-4-6-8-22)31-29(34)32-27(35)19-33(15-16-37-3)28(36)23-10-12-24(30)13-11-23/h4-14,17-18H,15-16,19H2,1-3H3,(H,31,32,35). The Kier molecular flexibility index (Phi) is 8.10. The van der Waals surface area contributed by atoms with Gasteiger partial charge in [0.05, 0.1) is 12.3 Å². The SMILES string of the molecule is COCCN(CC(=O)Nc1nc(-c2ccccc2)cn1-c1ccc(C)c(C)c1)C(=O)c1ccc(F)cc1. The molecule has 0 bridgehead atoms. The van der Waals surface area contributed by atoms with Gasteiger partial charge in [-0.3, -0.25) is 19.5 Å². The Morgan fingerprint density at radius 2 is 1.73 bits per heavy atom. The van der Waals surface area contributed by atoms with Crippen LogP contribution in [0.1, 0.15) is 21.5 Å². The highest BCUT2D eigenvalue weighted by Gasteiger charge is 2.21. The van der Waals surface area contributed by atoms with E-state index >= 15 is 0 Å². The maximum absolute atomic E-state index is 13.3. The predicted octanol–water partition coefficient (Wildman–Crippen LogP) is 5.02. The van der Waals surface area contributed by atoms with E-state index in [1.54, 1.807) is 0 Å². The van der Waals surface area contributed by atoms with E-state index in [2.05, 4.69) is 5.32 Å². The fourth-order valence-corrected chi connectivity index (χ4v) is 3.86. The average molecular weight is 501 g/mol. The van der Waals surface area contributed by atoms with Gasteiger partial charge in [0.1, 0.15) is 12.4 Å². The number of nitrogens with zero attached hydrogens (tertiary/aromatic N) is 3. The highest BCUT2D eigenvalue weighted by Crippen LogP contribution is 2.25. The smallest absolute Gasteiger partial charge is 0.254 e. The van der Waals surface area contributed by atoms with Crippen molar-refractivity contribution in [1.82, 2.24) is 14.5 Å². The zero-order chi connectivity index (χ0) is 26.4. The first-order chi connectivity index (χ1) is 17.9. The molecule has 0 aliphatic carbocycles. The summed E-state index contributed by atoms with van der Waals surface area (Å²) < 4.78 is 20.3. The lowest BCUT2D eigenvalue weighted by atomic mass is 10.1. The van der Waals surface area contributed by atoms with Crippen LogP contribution in [-0.2, 0) is 9.53 Å². The molecule has 8 heteroatoms. The summed E-state index contributed by atoms with van der Waals surface area (Å²) in [5.74, 6) is -0.908. The van der Waals surface area contributed by atoms with Crippen LogP contribution in [-0.4, -0.2) is 53.1 Å². The van der Waals surface area contributed by atoms with Crippen molar-refractivity contribution in [3.05, 3.63) is 102 Å². The second-order valence-corrected chi connectivity index (χ2v) is 8.73. The number of carbonyl (C=O) groups is 2. The van der Waals surface area contributed by atoms with Gasteiger partial charge in [-0.15, -0.1) is 0 Å². The van der Waals surface area contributed by atoms with Crippen molar-refractivity contribution in [1.29, 1.82) is 0 Å². The van der Waals surface area contributed by atoms with E-state index in [-0.39, 0.29) is 25.3 Å². The molecule has 2 amide bonds. The molecule has 0 aliphatic rings. The van der Waals surface area contributed by atoms with Crippen molar-refractivity contribution < 1.29 is 18.7 Å². The van der Waals surface area contributed by atoms with Gasteiger partial charge in [-0.25, -0.2) is 9.37 Å². The van der Waals surface area contributed by atoms with Crippen LogP contribution in [0.2, 0.25) is 0 Å². The zero-order valence-electron chi connectivity index (χ0n) is 21.1. The molecule has 0 atom stereocenters. The molecule has 0 unspecified atom stereocenters. The number of anilines is 1. The number of ether oxygens (including phenoxy) is 1. The average Bonchev–Trinajstić information content (AvgIpc) is 3.32. The number of nitrogens with one attached hydrogen (secondary N) is 1. The van der Waals surface area contributed by atoms with Crippen LogP contribution in [0.3, 0.4) is 0 Å². The van der Waals surface area contributed by atoms with Crippen molar-refractivity contribution in [2.75, 3.05) is 32.1 Å². The maximum atomic E-state index is 13.3. The summed E-state index contributed by atoms with van der Waals surface area (Å²) in [6, 6.07) is 20.9. The fourth-order valence-electron chi connectivity index (χ4n) is 3.86. The normalized spacial score (nSPS) is 10.8. The largest absolute Gasteiger partial charge is 0.383 e. The molecule has 4 aromatic rings. The molecule has 0 radical (unpaired) electrons. The Morgan fingerprint density at radius 3 is 2.41 bits per heavy atom. The van der Waals surface area contributed by atoms with Gasteiger partial charge in [-0.05, 0) is 61.4 Å². The van der Waals surface area contributed by atoms with E-state index in [1.165, 1.54) is 36.3 Å². The number of amides is 2. The molecule has 37 heavy (non-hydrogen) atoms. The number of carbonyl (C=O) groups excluding carboxylic acids is 2. The first-order valence-electron chi connectivity index (χ1n) is 11.9. The molecule has 0 saturated heterocycles. The number of aryl methyl sites for hydroxylation is 2. The first kappa shape index (κ1) is 25.8. The monoisotopic (exact) mass is 500 g/mol. The number of rotatable bonds is 9. The number of halogens is 1. The molecule has 0 aliphatic heterocycles. The van der Waals surface area contributed by atoms with Gasteiger partial charge in [-0.1, -0.05) is 36.4 Å². The van der Waals surface area contributed by atoms with Crippen LogP contribution in [0.5, 0.6) is 0 Å². The molecule has 1 aromatic heterocycles. The number of aromatic nitrogens is 2. The minimum absolute atomic E-state index is 0.195. The van der Waals surface area contributed by atoms with Crippen LogP contribution in [0.15, 0.2) is 79.0 Å². The van der Waals surface area contributed by atoms with E-state index in [9.17, 15) is 14.0 Å². The van der Waals surface area contributed by atoms with Crippen LogP contribution in [0.4, 0.5) is 10.3 Å². The molecular weight excluding hydrogens is 471 g/mol. The van der Waals surface area contributed by atoms with E-state index in [4.69, 9.17) is 9.72 Å². The zero-order valence-corrected chi connectivity index (χ0v) is 21.1. The van der Waals surface area contributed by atoms with Gasteiger partial charge in [0.15, 0.2) is 0 Å². The van der Waals surface area contributed by atoms with E-state index in [0.717, 1.165) is 22.4 Å². The van der Waals surface area contributed by atoms with Crippen LogP contribution < -0.4 is 5.32 Å². The van der Waals surface area contributed by atoms with E-state index in [1.807, 2.05) is 73.1 Å². The summed E-state index contributed by atoms with van der Waals surface area (Å²) in [6.07, 6.45) is 1.88. The molecule has 7 nitrogen and oxygen atoms in total. The molecule has 0 fully saturated rings. The molecule has 4 rings (SSSR count). The highest BCUT2D eigenvalue weighted by molar-refractivity contribution is 5.99. The third-order valence-electron chi connectivity index (χ3n) is 6.07. The highest BCUT2D eigenvalue weighted by atomic mass is 19.1. The Hall–Kier alpha value is -4.30. The second kappa shape index (κ2) is 11.6. The molecule has 3 aromatic carbocycles. The van der Waals surface area contributed by atoms with Crippen molar-refractivity contribution in [3.8, 4) is 16.9 Å². The lowest BCUT2D eigenvalue weighted by Gasteiger charge is -2.22. The Labute approximate surface area is 215 Å². The predicted molar refractivity (Wildman–Crippen MR) is 141 cm³/mol. The summed E-state index contributed by atoms with van der Waals surface area (Å²) in [6.45, 7) is 4.29. The van der Waals surface area contributed by atoms with Crippen molar-refractivity contribution in [2.24, 2.45) is 0 Å². The summed E-state index contributed by atoms with van der Waals surface area (Å²) in [4.78, 5) is 32.3. The summed E-state index contributed by atoms with van der Waals surface area (Å²) in [7, 11) is 1.52. The van der Waals surface area contributed by atoms with Crippen molar-refractivity contribution in [2.45, 2.75) is 13.8 Å². The molecule has 190 valence electrons. The Bertz CT molecular complexity index is 1380. The van der Waals surface area contributed by atoms with E-state index in [0.29, 0.717) is 11.6 Å². The quantitative estimate of drug-likeness (QED) is 0.350. The summed E-state index contributed by atoms with van der Waals surface area (Å²) in [5, 5.41) is 2.87. The maximum Gasteiger partial charge on any atom is 0.254 e. The molecule has 0 saturated carbocycles. The Balaban J connectivity index is 1.61. The minimum atomic E-state index is -0.440. The topological polar surface area (TPSA) is 76.5 Å². The number of hydrogen-bond donors (Lipinski definition) is 1. The molecular formula is C29H29FN4O3. The van der Waals surface area contributed by atoms with Gasteiger partial charge in [0, 0.05) is 36.7 Å². The van der Waals surface area contributed by atoms with Gasteiger partial charge in [-0.2, -0.15) is 0 Å². The first-order valence-corrected chi connectivity index (χ1v) is 11.9. The van der Waals surface area contributed by atoms with Gasteiger partial charge < -0.3 is 9.64 Å². The van der Waals surface area contributed by atoms with E-state index < -0.39 is 17.6 Å². The number of imidazole rings is 1. The molecule has 1 N–H and O–H groups in total.